The Morgan fingerprint density at radius 2 is 2.07 bits per heavy atom. The van der Waals surface area contributed by atoms with Gasteiger partial charge in [0.15, 0.2) is 12.0 Å². The summed E-state index contributed by atoms with van der Waals surface area (Å²) in [6, 6.07) is 6.46. The van der Waals surface area contributed by atoms with Crippen molar-refractivity contribution in [1.29, 1.82) is 0 Å². The summed E-state index contributed by atoms with van der Waals surface area (Å²) in [5.41, 5.74) is -0.271. The van der Waals surface area contributed by atoms with E-state index in [9.17, 15) is 18.0 Å². The fourth-order valence-electron chi connectivity index (χ4n) is 3.02. The van der Waals surface area contributed by atoms with Gasteiger partial charge in [0.25, 0.3) is 0 Å². The SMILES string of the molecule is CCCCOc1ccc(C(F)(F)F)cc1C1=C(NC)OC(c2cccnc2)C1=O. The van der Waals surface area contributed by atoms with Gasteiger partial charge in [-0.15, -0.1) is 0 Å². The van der Waals surface area contributed by atoms with Gasteiger partial charge >= 0.3 is 6.18 Å². The van der Waals surface area contributed by atoms with Gasteiger partial charge in [-0.2, -0.15) is 13.2 Å². The highest BCUT2D eigenvalue weighted by Gasteiger charge is 2.40. The molecule has 8 heteroatoms. The van der Waals surface area contributed by atoms with Crippen LogP contribution in [0.15, 0.2) is 48.6 Å². The highest BCUT2D eigenvalue weighted by atomic mass is 19.4. The van der Waals surface area contributed by atoms with Gasteiger partial charge in [0.2, 0.25) is 5.78 Å². The maximum absolute atomic E-state index is 13.3. The lowest BCUT2D eigenvalue weighted by Crippen LogP contribution is -2.12. The average molecular weight is 406 g/mol. The lowest BCUT2D eigenvalue weighted by molar-refractivity contribution is -0.137. The van der Waals surface area contributed by atoms with Crippen LogP contribution in [0.25, 0.3) is 5.57 Å². The van der Waals surface area contributed by atoms with Crippen LogP contribution in [-0.2, 0) is 15.7 Å². The van der Waals surface area contributed by atoms with Crippen LogP contribution in [0, 0.1) is 0 Å². The molecule has 0 aliphatic carbocycles. The van der Waals surface area contributed by atoms with E-state index in [1.54, 1.807) is 25.4 Å². The standard InChI is InChI=1S/C21H21F3N2O3/c1-3-4-10-28-16-8-7-14(21(22,23)24)11-15(16)17-18(27)19(29-20(17)25-2)13-6-5-9-26-12-13/h5-9,11-12,19,25H,3-4,10H2,1-2H3. The maximum Gasteiger partial charge on any atom is 0.416 e. The summed E-state index contributed by atoms with van der Waals surface area (Å²) >= 11 is 0. The largest absolute Gasteiger partial charge is 0.493 e. The van der Waals surface area contributed by atoms with E-state index in [-0.39, 0.29) is 22.8 Å². The molecule has 2 heterocycles. The number of ketones is 1. The van der Waals surface area contributed by atoms with Gasteiger partial charge in [0, 0.05) is 30.6 Å². The molecule has 1 aliphatic rings. The summed E-state index contributed by atoms with van der Waals surface area (Å²) in [6.45, 7) is 2.31. The Kier molecular flexibility index (Phi) is 6.10. The number of unbranched alkanes of at least 4 members (excludes halogenated alkanes) is 1. The molecule has 0 fully saturated rings. The minimum atomic E-state index is -4.55. The second-order valence-corrected chi connectivity index (χ2v) is 6.51. The first kappa shape index (κ1) is 20.7. The minimum Gasteiger partial charge on any atom is -0.493 e. The molecule has 0 saturated heterocycles. The highest BCUT2D eigenvalue weighted by molar-refractivity contribution is 6.25. The number of halogens is 3. The van der Waals surface area contributed by atoms with Crippen molar-refractivity contribution in [3.8, 4) is 5.75 Å². The number of nitrogens with zero attached hydrogens (tertiary/aromatic N) is 1. The van der Waals surface area contributed by atoms with E-state index in [1.807, 2.05) is 6.92 Å². The molecule has 2 aromatic rings. The molecule has 1 unspecified atom stereocenters. The zero-order chi connectivity index (χ0) is 21.0. The summed E-state index contributed by atoms with van der Waals surface area (Å²) in [5, 5.41) is 2.77. The lowest BCUT2D eigenvalue weighted by Gasteiger charge is -2.15. The number of carbonyl (C=O) groups excluding carboxylic acids is 1. The van der Waals surface area contributed by atoms with Crippen molar-refractivity contribution in [3.63, 3.8) is 0 Å². The maximum atomic E-state index is 13.3. The van der Waals surface area contributed by atoms with Crippen LogP contribution in [0.5, 0.6) is 5.75 Å². The third-order valence-corrected chi connectivity index (χ3v) is 4.49. The second-order valence-electron chi connectivity index (χ2n) is 6.51. The summed E-state index contributed by atoms with van der Waals surface area (Å²) in [6.07, 6.45) is -0.888. The third kappa shape index (κ3) is 4.36. The molecule has 3 rings (SSSR count). The van der Waals surface area contributed by atoms with Crippen LogP contribution in [0.4, 0.5) is 13.2 Å². The molecule has 5 nitrogen and oxygen atoms in total. The van der Waals surface area contributed by atoms with Crippen molar-refractivity contribution in [2.24, 2.45) is 0 Å². The first-order valence-corrected chi connectivity index (χ1v) is 9.24. The predicted molar refractivity (Wildman–Crippen MR) is 101 cm³/mol. The molecule has 1 aliphatic heterocycles. The van der Waals surface area contributed by atoms with Gasteiger partial charge in [0.05, 0.1) is 17.7 Å². The molecular weight excluding hydrogens is 385 g/mol. The van der Waals surface area contributed by atoms with E-state index >= 15 is 0 Å². The Hall–Kier alpha value is -3.03. The molecule has 0 saturated carbocycles. The van der Waals surface area contributed by atoms with E-state index in [0.29, 0.717) is 12.2 Å². The fraction of sp³-hybridized carbons (Fsp3) is 0.333. The first-order valence-electron chi connectivity index (χ1n) is 9.24. The predicted octanol–water partition coefficient (Wildman–Crippen LogP) is 4.51. The molecule has 154 valence electrons. The van der Waals surface area contributed by atoms with Gasteiger partial charge in [0.1, 0.15) is 5.75 Å². The molecule has 1 atom stereocenters. The number of hydrogen-bond acceptors (Lipinski definition) is 5. The van der Waals surface area contributed by atoms with Crippen LogP contribution in [0.3, 0.4) is 0 Å². The number of nitrogens with one attached hydrogen (secondary N) is 1. The van der Waals surface area contributed by atoms with Crippen LogP contribution in [0.1, 0.15) is 42.6 Å². The van der Waals surface area contributed by atoms with E-state index in [2.05, 4.69) is 10.3 Å². The first-order chi connectivity index (χ1) is 13.9. The Bertz CT molecular complexity index is 911. The molecule has 0 amide bonds. The summed E-state index contributed by atoms with van der Waals surface area (Å²) in [5.74, 6) is -0.150. The van der Waals surface area contributed by atoms with Crippen molar-refractivity contribution < 1.29 is 27.4 Å². The molecule has 1 aromatic carbocycles. The van der Waals surface area contributed by atoms with Crippen LogP contribution >= 0.6 is 0 Å². The lowest BCUT2D eigenvalue weighted by atomic mass is 9.95. The third-order valence-electron chi connectivity index (χ3n) is 4.49. The molecule has 0 radical (unpaired) electrons. The van der Waals surface area contributed by atoms with Crippen molar-refractivity contribution in [2.75, 3.05) is 13.7 Å². The number of ether oxygens (including phenoxy) is 2. The number of Topliss-reactive ketones (excluding diaryl/α,β-unsaturated/α-hetero) is 1. The smallest absolute Gasteiger partial charge is 0.416 e. The molecule has 0 spiro atoms. The number of pyridine rings is 1. The van der Waals surface area contributed by atoms with Gasteiger partial charge in [-0.1, -0.05) is 19.4 Å². The van der Waals surface area contributed by atoms with Gasteiger partial charge < -0.3 is 14.8 Å². The normalized spacial score (nSPS) is 16.7. The average Bonchev–Trinajstić information content (AvgIpc) is 3.04. The van der Waals surface area contributed by atoms with Crippen molar-refractivity contribution in [2.45, 2.75) is 32.0 Å². The minimum absolute atomic E-state index is 0.0268. The van der Waals surface area contributed by atoms with E-state index < -0.39 is 23.6 Å². The molecular formula is C21H21F3N2O3. The van der Waals surface area contributed by atoms with Gasteiger partial charge in [-0.25, -0.2) is 0 Å². The number of benzene rings is 1. The van der Waals surface area contributed by atoms with Crippen LogP contribution < -0.4 is 10.1 Å². The van der Waals surface area contributed by atoms with E-state index in [1.165, 1.54) is 12.3 Å². The van der Waals surface area contributed by atoms with Crippen molar-refractivity contribution in [1.82, 2.24) is 10.3 Å². The fourth-order valence-corrected chi connectivity index (χ4v) is 3.02. The zero-order valence-corrected chi connectivity index (χ0v) is 16.0. The monoisotopic (exact) mass is 406 g/mol. The Labute approximate surface area is 166 Å². The number of hydrogen-bond donors (Lipinski definition) is 1. The van der Waals surface area contributed by atoms with Crippen molar-refractivity contribution in [3.05, 3.63) is 65.3 Å². The van der Waals surface area contributed by atoms with Crippen LogP contribution in [-0.4, -0.2) is 24.4 Å². The molecule has 0 bridgehead atoms. The van der Waals surface area contributed by atoms with Gasteiger partial charge in [-0.05, 0) is 30.7 Å². The molecule has 1 N–H and O–H groups in total. The Balaban J connectivity index is 2.06. The van der Waals surface area contributed by atoms with Gasteiger partial charge in [-0.3, -0.25) is 9.78 Å². The van der Waals surface area contributed by atoms with Crippen LogP contribution in [0.2, 0.25) is 0 Å². The van der Waals surface area contributed by atoms with E-state index in [0.717, 1.165) is 25.0 Å². The molecule has 29 heavy (non-hydrogen) atoms. The second kappa shape index (κ2) is 8.55. The number of carbonyl (C=O) groups is 1. The molecule has 1 aromatic heterocycles. The topological polar surface area (TPSA) is 60.4 Å². The Morgan fingerprint density at radius 3 is 2.69 bits per heavy atom. The summed E-state index contributed by atoms with van der Waals surface area (Å²) in [7, 11) is 1.54. The quantitative estimate of drug-likeness (QED) is 0.686. The number of rotatable bonds is 7. The van der Waals surface area contributed by atoms with Crippen molar-refractivity contribution >= 4 is 11.4 Å². The number of alkyl halides is 3. The Morgan fingerprint density at radius 1 is 1.28 bits per heavy atom. The highest BCUT2D eigenvalue weighted by Crippen LogP contribution is 2.42. The van der Waals surface area contributed by atoms with E-state index in [4.69, 9.17) is 9.47 Å². The summed E-state index contributed by atoms with van der Waals surface area (Å²) < 4.78 is 51.4. The summed E-state index contributed by atoms with van der Waals surface area (Å²) in [4.78, 5) is 17.1. The number of aromatic nitrogens is 1. The zero-order valence-electron chi connectivity index (χ0n) is 16.0.